The topological polar surface area (TPSA) is 85.1 Å². The molecule has 0 fully saturated rings. The molecule has 0 unspecified atom stereocenters. The summed E-state index contributed by atoms with van der Waals surface area (Å²) >= 11 is 6.98. The Hall–Kier alpha value is -2.09. The fraction of sp³-hybridized carbons (Fsp3) is 0. The third kappa shape index (κ3) is 3.64. The van der Waals surface area contributed by atoms with Gasteiger partial charge >= 0.3 is 0 Å². The van der Waals surface area contributed by atoms with E-state index in [1.807, 2.05) is 12.1 Å². The fourth-order valence-electron chi connectivity index (χ4n) is 1.94. The largest absolute Gasteiger partial charge is 0.399 e. The normalized spacial score (nSPS) is 11.3. The van der Waals surface area contributed by atoms with E-state index in [2.05, 4.69) is 9.71 Å². The average Bonchev–Trinajstić information content (AvgIpc) is 2.95. The monoisotopic (exact) mass is 365 g/mol. The van der Waals surface area contributed by atoms with Crippen molar-refractivity contribution in [3.05, 3.63) is 58.9 Å². The minimum Gasteiger partial charge on any atom is -0.399 e. The van der Waals surface area contributed by atoms with E-state index in [1.54, 1.807) is 17.5 Å². The molecule has 0 amide bonds. The van der Waals surface area contributed by atoms with Crippen molar-refractivity contribution < 1.29 is 8.42 Å². The van der Waals surface area contributed by atoms with Crippen LogP contribution < -0.4 is 10.5 Å². The number of rotatable bonds is 4. The van der Waals surface area contributed by atoms with Crippen LogP contribution in [-0.2, 0) is 10.0 Å². The summed E-state index contributed by atoms with van der Waals surface area (Å²) in [5.74, 6) is 0. The van der Waals surface area contributed by atoms with Gasteiger partial charge in [0.05, 0.1) is 10.6 Å². The predicted octanol–water partition coefficient (Wildman–Crippen LogP) is 3.85. The molecule has 8 heteroatoms. The number of halogens is 1. The highest BCUT2D eigenvalue weighted by Gasteiger charge is 2.16. The molecule has 1 aromatic heterocycles. The van der Waals surface area contributed by atoms with Crippen LogP contribution in [0.1, 0.15) is 0 Å². The molecule has 0 bridgehead atoms. The van der Waals surface area contributed by atoms with Crippen LogP contribution in [-0.4, -0.2) is 13.4 Å². The maximum Gasteiger partial charge on any atom is 0.263 e. The smallest absolute Gasteiger partial charge is 0.263 e. The molecule has 0 aliphatic heterocycles. The second kappa shape index (κ2) is 6.19. The highest BCUT2D eigenvalue weighted by atomic mass is 35.5. The Morgan fingerprint density at radius 2 is 1.87 bits per heavy atom. The molecule has 0 aliphatic carbocycles. The van der Waals surface area contributed by atoms with Gasteiger partial charge in [0, 0.05) is 21.7 Å². The van der Waals surface area contributed by atoms with E-state index >= 15 is 0 Å². The molecule has 3 aromatic rings. The first-order chi connectivity index (χ1) is 10.9. The highest BCUT2D eigenvalue weighted by molar-refractivity contribution is 7.93. The molecule has 0 saturated heterocycles. The van der Waals surface area contributed by atoms with Gasteiger partial charge in [-0.25, -0.2) is 13.4 Å². The Kier molecular flexibility index (Phi) is 4.25. The second-order valence-electron chi connectivity index (χ2n) is 4.72. The molecule has 0 atom stereocenters. The van der Waals surface area contributed by atoms with Crippen molar-refractivity contribution >= 4 is 43.8 Å². The van der Waals surface area contributed by atoms with Crippen LogP contribution in [0.15, 0.2) is 58.8 Å². The number of hydrogen-bond donors (Lipinski definition) is 2. The number of anilines is 2. The summed E-state index contributed by atoms with van der Waals surface area (Å²) < 4.78 is 27.1. The summed E-state index contributed by atoms with van der Waals surface area (Å²) in [7, 11) is -3.69. The lowest BCUT2D eigenvalue weighted by atomic mass is 10.1. The van der Waals surface area contributed by atoms with Gasteiger partial charge in [0.1, 0.15) is 0 Å². The molecular formula is C15H12ClN3O2S2. The third-order valence-electron chi connectivity index (χ3n) is 3.03. The summed E-state index contributed by atoms with van der Waals surface area (Å²) in [6, 6.07) is 13.2. The van der Waals surface area contributed by atoms with Crippen molar-refractivity contribution in [3.8, 4) is 11.3 Å². The molecule has 0 radical (unpaired) electrons. The van der Waals surface area contributed by atoms with E-state index in [1.165, 1.54) is 35.6 Å². The first-order valence-corrected chi connectivity index (χ1v) is 9.28. The molecule has 5 nitrogen and oxygen atoms in total. The van der Waals surface area contributed by atoms with Gasteiger partial charge in [-0.3, -0.25) is 4.72 Å². The first-order valence-electron chi connectivity index (χ1n) is 6.54. The van der Waals surface area contributed by atoms with E-state index in [4.69, 9.17) is 17.3 Å². The van der Waals surface area contributed by atoms with E-state index in [-0.39, 0.29) is 10.0 Å². The summed E-state index contributed by atoms with van der Waals surface area (Å²) in [5.41, 5.74) is 7.86. The van der Waals surface area contributed by atoms with Crippen LogP contribution in [0.2, 0.25) is 5.02 Å². The zero-order valence-electron chi connectivity index (χ0n) is 11.7. The predicted molar refractivity (Wildman–Crippen MR) is 94.2 cm³/mol. The van der Waals surface area contributed by atoms with Gasteiger partial charge in [0.2, 0.25) is 0 Å². The Bertz CT molecular complexity index is 937. The van der Waals surface area contributed by atoms with Crippen molar-refractivity contribution in [1.82, 2.24) is 4.98 Å². The second-order valence-corrected chi connectivity index (χ2v) is 7.70. The Morgan fingerprint density at radius 3 is 2.57 bits per heavy atom. The maximum atomic E-state index is 12.3. The van der Waals surface area contributed by atoms with Gasteiger partial charge in [-0.05, 0) is 36.4 Å². The van der Waals surface area contributed by atoms with Gasteiger partial charge in [-0.2, -0.15) is 0 Å². The van der Waals surface area contributed by atoms with E-state index < -0.39 is 10.0 Å². The summed E-state index contributed by atoms with van der Waals surface area (Å²) in [5, 5.41) is 2.54. The fourth-order valence-corrected chi connectivity index (χ4v) is 4.04. The molecule has 3 N–H and O–H groups in total. The highest BCUT2D eigenvalue weighted by Crippen LogP contribution is 2.27. The quantitative estimate of drug-likeness (QED) is 0.688. The minimum atomic E-state index is -3.69. The molecule has 0 saturated carbocycles. The lowest BCUT2D eigenvalue weighted by molar-refractivity contribution is 0.601. The number of thiazole rings is 1. The summed E-state index contributed by atoms with van der Waals surface area (Å²) in [4.78, 5) is 4.42. The molecule has 1 heterocycles. The van der Waals surface area contributed by atoms with Crippen molar-refractivity contribution in [2.75, 3.05) is 10.5 Å². The molecule has 0 spiro atoms. The van der Waals surface area contributed by atoms with Crippen molar-refractivity contribution in [3.63, 3.8) is 0 Å². The average molecular weight is 366 g/mol. The van der Waals surface area contributed by atoms with Gasteiger partial charge in [0.25, 0.3) is 10.0 Å². The molecule has 0 aliphatic rings. The number of nitrogen functional groups attached to an aromatic ring is 1. The number of aromatic nitrogens is 1. The molecule has 118 valence electrons. The Labute approximate surface area is 142 Å². The zero-order valence-corrected chi connectivity index (χ0v) is 14.1. The van der Waals surface area contributed by atoms with Crippen molar-refractivity contribution in [2.24, 2.45) is 0 Å². The lowest BCUT2D eigenvalue weighted by Gasteiger charge is -2.05. The summed E-state index contributed by atoms with van der Waals surface area (Å²) in [6.07, 6.45) is 0. The number of sulfonamides is 1. The molecule has 23 heavy (non-hydrogen) atoms. The number of hydrogen-bond acceptors (Lipinski definition) is 5. The van der Waals surface area contributed by atoms with Crippen LogP contribution >= 0.6 is 22.9 Å². The van der Waals surface area contributed by atoms with Gasteiger partial charge in [-0.1, -0.05) is 23.7 Å². The minimum absolute atomic E-state index is 0.127. The number of nitrogens with zero attached hydrogens (tertiary/aromatic N) is 1. The Balaban J connectivity index is 1.85. The van der Waals surface area contributed by atoms with Gasteiger partial charge < -0.3 is 5.73 Å². The number of nitrogens with two attached hydrogens (primary N) is 1. The van der Waals surface area contributed by atoms with Crippen LogP contribution in [0, 0.1) is 0 Å². The van der Waals surface area contributed by atoms with E-state index in [9.17, 15) is 8.42 Å². The molecular weight excluding hydrogens is 354 g/mol. The molecule has 3 rings (SSSR count). The first kappa shape index (κ1) is 15.8. The van der Waals surface area contributed by atoms with Gasteiger partial charge in [0.15, 0.2) is 5.13 Å². The Morgan fingerprint density at radius 1 is 1.13 bits per heavy atom. The standard InChI is InChI=1S/C15H12ClN3O2S2/c16-11-4-6-13(7-5-11)23(20,21)19-15-18-14(9-22-15)10-2-1-3-12(17)8-10/h1-9H,17H2,(H,18,19). The van der Waals surface area contributed by atoms with Crippen molar-refractivity contribution in [1.29, 1.82) is 0 Å². The number of nitrogens with one attached hydrogen (secondary N) is 1. The van der Waals surface area contributed by atoms with Crippen LogP contribution in [0.4, 0.5) is 10.8 Å². The van der Waals surface area contributed by atoms with Crippen LogP contribution in [0.25, 0.3) is 11.3 Å². The van der Waals surface area contributed by atoms with Crippen LogP contribution in [0.5, 0.6) is 0 Å². The lowest BCUT2D eigenvalue weighted by Crippen LogP contribution is -2.12. The third-order valence-corrected chi connectivity index (χ3v) is 5.53. The molecule has 2 aromatic carbocycles. The van der Waals surface area contributed by atoms with E-state index in [0.29, 0.717) is 16.4 Å². The van der Waals surface area contributed by atoms with Gasteiger partial charge in [-0.15, -0.1) is 11.3 Å². The van der Waals surface area contributed by atoms with Crippen molar-refractivity contribution in [2.45, 2.75) is 4.90 Å². The van der Waals surface area contributed by atoms with Crippen LogP contribution in [0.3, 0.4) is 0 Å². The SMILES string of the molecule is Nc1cccc(-c2csc(NS(=O)(=O)c3ccc(Cl)cc3)n2)c1. The summed E-state index contributed by atoms with van der Waals surface area (Å²) in [6.45, 7) is 0. The zero-order chi connectivity index (χ0) is 16.4. The number of benzene rings is 2. The maximum absolute atomic E-state index is 12.3. The van der Waals surface area contributed by atoms with E-state index in [0.717, 1.165) is 5.56 Å².